The molecule has 0 fully saturated rings. The van der Waals surface area contributed by atoms with Gasteiger partial charge in [0.1, 0.15) is 11.3 Å². The van der Waals surface area contributed by atoms with E-state index in [1.54, 1.807) is 0 Å². The van der Waals surface area contributed by atoms with E-state index >= 15 is 0 Å². The van der Waals surface area contributed by atoms with Crippen LogP contribution in [0.5, 0.6) is 5.75 Å². The van der Waals surface area contributed by atoms with E-state index in [2.05, 4.69) is 10.1 Å². The zero-order valence-electron chi connectivity index (χ0n) is 12.0. The number of phenols is 1. The number of aromatic hydroxyl groups is 1. The smallest absolute Gasteiger partial charge is 0.337 e. The highest BCUT2D eigenvalue weighted by Gasteiger charge is 2.20. The van der Waals surface area contributed by atoms with Gasteiger partial charge in [0.2, 0.25) is 0 Å². The summed E-state index contributed by atoms with van der Waals surface area (Å²) in [6, 6.07) is 9.21. The SMILES string of the molecule is COC(=O)c1ccc(NC(=O)c2ccccc2[N+](=O)[O-])c(O)c1. The fraction of sp³-hybridized carbons (Fsp3) is 0.0667. The van der Waals surface area contributed by atoms with Gasteiger partial charge in [0.25, 0.3) is 11.6 Å². The van der Waals surface area contributed by atoms with Crippen LogP contribution >= 0.6 is 0 Å². The lowest BCUT2D eigenvalue weighted by Gasteiger charge is -2.09. The zero-order chi connectivity index (χ0) is 17.0. The fourth-order valence-corrected chi connectivity index (χ4v) is 1.90. The molecule has 0 bridgehead atoms. The van der Waals surface area contributed by atoms with Crippen LogP contribution < -0.4 is 5.32 Å². The van der Waals surface area contributed by atoms with E-state index in [0.717, 1.165) is 6.07 Å². The number of hydrogen-bond acceptors (Lipinski definition) is 6. The van der Waals surface area contributed by atoms with Crippen LogP contribution in [-0.2, 0) is 4.74 Å². The normalized spacial score (nSPS) is 9.96. The Balaban J connectivity index is 2.28. The third-order valence-corrected chi connectivity index (χ3v) is 3.01. The van der Waals surface area contributed by atoms with Crippen LogP contribution in [0, 0.1) is 10.1 Å². The first-order valence-electron chi connectivity index (χ1n) is 6.40. The number of nitro benzene ring substituents is 1. The standard InChI is InChI=1S/C15H12N2O6/c1-23-15(20)9-6-7-11(13(18)8-9)16-14(19)10-4-2-3-5-12(10)17(21)22/h2-8,18H,1H3,(H,16,19). The Morgan fingerprint density at radius 1 is 1.22 bits per heavy atom. The van der Waals surface area contributed by atoms with Gasteiger partial charge in [-0.2, -0.15) is 0 Å². The van der Waals surface area contributed by atoms with Crippen LogP contribution in [0.15, 0.2) is 42.5 Å². The van der Waals surface area contributed by atoms with Crippen molar-refractivity contribution < 1.29 is 24.4 Å². The van der Waals surface area contributed by atoms with Crippen LogP contribution in [0.3, 0.4) is 0 Å². The lowest BCUT2D eigenvalue weighted by Crippen LogP contribution is -2.14. The zero-order valence-corrected chi connectivity index (χ0v) is 12.0. The molecule has 0 unspecified atom stereocenters. The molecule has 1 amide bonds. The number of esters is 1. The predicted molar refractivity (Wildman–Crippen MR) is 80.5 cm³/mol. The van der Waals surface area contributed by atoms with Crippen molar-refractivity contribution in [2.45, 2.75) is 0 Å². The van der Waals surface area contributed by atoms with E-state index in [4.69, 9.17) is 0 Å². The summed E-state index contributed by atoms with van der Waals surface area (Å²) in [5, 5.41) is 23.1. The highest BCUT2D eigenvalue weighted by Crippen LogP contribution is 2.26. The number of para-hydroxylation sites is 1. The number of benzene rings is 2. The average molecular weight is 316 g/mol. The molecular weight excluding hydrogens is 304 g/mol. The molecule has 0 heterocycles. The van der Waals surface area contributed by atoms with Crippen molar-refractivity contribution in [3.8, 4) is 5.75 Å². The summed E-state index contributed by atoms with van der Waals surface area (Å²) >= 11 is 0. The monoisotopic (exact) mass is 316 g/mol. The molecule has 2 aromatic carbocycles. The summed E-state index contributed by atoms with van der Waals surface area (Å²) < 4.78 is 4.51. The van der Waals surface area contributed by atoms with E-state index in [0.29, 0.717) is 0 Å². The van der Waals surface area contributed by atoms with Gasteiger partial charge in [0, 0.05) is 6.07 Å². The molecule has 2 aromatic rings. The minimum absolute atomic E-state index is 0.0146. The number of methoxy groups -OCH3 is 1. The molecule has 0 spiro atoms. The van der Waals surface area contributed by atoms with Crippen molar-refractivity contribution in [1.29, 1.82) is 0 Å². The number of ether oxygens (including phenoxy) is 1. The second-order valence-electron chi connectivity index (χ2n) is 4.45. The molecule has 2 N–H and O–H groups in total. The number of nitro groups is 1. The van der Waals surface area contributed by atoms with Crippen LogP contribution in [-0.4, -0.2) is 29.0 Å². The maximum absolute atomic E-state index is 12.1. The van der Waals surface area contributed by atoms with Crippen LogP contribution in [0.1, 0.15) is 20.7 Å². The van der Waals surface area contributed by atoms with Gasteiger partial charge < -0.3 is 15.2 Å². The van der Waals surface area contributed by atoms with E-state index in [-0.39, 0.29) is 28.3 Å². The lowest BCUT2D eigenvalue weighted by atomic mass is 10.1. The Morgan fingerprint density at radius 3 is 2.52 bits per heavy atom. The van der Waals surface area contributed by atoms with Gasteiger partial charge >= 0.3 is 5.97 Å². The quantitative estimate of drug-likeness (QED) is 0.387. The topological polar surface area (TPSA) is 119 Å². The van der Waals surface area contributed by atoms with Crippen LogP contribution in [0.2, 0.25) is 0 Å². The third-order valence-electron chi connectivity index (χ3n) is 3.01. The first kappa shape index (κ1) is 16.0. The number of anilines is 1. The highest BCUT2D eigenvalue weighted by molar-refractivity contribution is 6.07. The van der Waals surface area contributed by atoms with Gasteiger partial charge in [0.15, 0.2) is 0 Å². The predicted octanol–water partition coefficient (Wildman–Crippen LogP) is 2.34. The van der Waals surface area contributed by atoms with Crippen molar-refractivity contribution in [2.75, 3.05) is 12.4 Å². The number of carbonyl (C=O) groups excluding carboxylic acids is 2. The molecule has 0 saturated carbocycles. The number of phenolic OH excluding ortho intramolecular Hbond substituents is 1. The Labute approximate surface area is 130 Å². The molecule has 118 valence electrons. The van der Waals surface area contributed by atoms with Crippen molar-refractivity contribution >= 4 is 23.3 Å². The largest absolute Gasteiger partial charge is 0.506 e. The molecule has 0 atom stereocenters. The summed E-state index contributed by atoms with van der Waals surface area (Å²) in [6.45, 7) is 0. The van der Waals surface area contributed by atoms with Crippen molar-refractivity contribution in [3.05, 3.63) is 63.7 Å². The molecule has 23 heavy (non-hydrogen) atoms. The molecule has 8 nitrogen and oxygen atoms in total. The van der Waals surface area contributed by atoms with Gasteiger partial charge in [0.05, 0.1) is 23.3 Å². The molecule has 0 radical (unpaired) electrons. The van der Waals surface area contributed by atoms with Gasteiger partial charge in [-0.25, -0.2) is 4.79 Å². The Hall–Kier alpha value is -3.42. The molecule has 0 aliphatic rings. The summed E-state index contributed by atoms with van der Waals surface area (Å²) in [5.41, 5.74) is -0.376. The minimum Gasteiger partial charge on any atom is -0.506 e. The summed E-state index contributed by atoms with van der Waals surface area (Å²) in [7, 11) is 1.20. The van der Waals surface area contributed by atoms with Crippen LogP contribution in [0.4, 0.5) is 11.4 Å². The Kier molecular flexibility index (Phi) is 4.55. The summed E-state index contributed by atoms with van der Waals surface area (Å²) in [4.78, 5) is 33.7. The molecule has 0 aromatic heterocycles. The molecule has 0 saturated heterocycles. The number of nitrogens with zero attached hydrogens (tertiary/aromatic N) is 1. The number of nitrogens with one attached hydrogen (secondary N) is 1. The first-order valence-corrected chi connectivity index (χ1v) is 6.40. The molecular formula is C15H12N2O6. The van der Waals surface area contributed by atoms with Crippen molar-refractivity contribution in [3.63, 3.8) is 0 Å². The fourth-order valence-electron chi connectivity index (χ4n) is 1.90. The molecule has 2 rings (SSSR count). The van der Waals surface area contributed by atoms with Gasteiger partial charge in [-0.15, -0.1) is 0 Å². The second kappa shape index (κ2) is 6.56. The maximum Gasteiger partial charge on any atom is 0.337 e. The van der Waals surface area contributed by atoms with E-state index in [1.165, 1.54) is 43.5 Å². The lowest BCUT2D eigenvalue weighted by molar-refractivity contribution is -0.385. The Morgan fingerprint density at radius 2 is 1.91 bits per heavy atom. The minimum atomic E-state index is -0.751. The summed E-state index contributed by atoms with van der Waals surface area (Å²) in [5.74, 6) is -1.75. The van der Waals surface area contributed by atoms with E-state index in [1.807, 2.05) is 0 Å². The van der Waals surface area contributed by atoms with Gasteiger partial charge in [-0.3, -0.25) is 14.9 Å². The number of rotatable bonds is 4. The molecule has 0 aliphatic carbocycles. The van der Waals surface area contributed by atoms with Gasteiger partial charge in [-0.05, 0) is 24.3 Å². The first-order chi connectivity index (χ1) is 10.9. The average Bonchev–Trinajstić information content (AvgIpc) is 2.55. The maximum atomic E-state index is 12.1. The van der Waals surface area contributed by atoms with Crippen molar-refractivity contribution in [1.82, 2.24) is 0 Å². The second-order valence-corrected chi connectivity index (χ2v) is 4.45. The summed E-state index contributed by atoms with van der Waals surface area (Å²) in [6.07, 6.45) is 0. The number of carbonyl (C=O) groups is 2. The number of amides is 1. The molecule has 0 aliphatic heterocycles. The van der Waals surface area contributed by atoms with E-state index < -0.39 is 16.8 Å². The number of hydrogen-bond donors (Lipinski definition) is 2. The van der Waals surface area contributed by atoms with Crippen molar-refractivity contribution in [2.24, 2.45) is 0 Å². The third kappa shape index (κ3) is 3.43. The molecule has 8 heteroatoms. The van der Waals surface area contributed by atoms with E-state index in [9.17, 15) is 24.8 Å². The Bertz CT molecular complexity index is 787. The van der Waals surface area contributed by atoms with Crippen LogP contribution in [0.25, 0.3) is 0 Å². The highest BCUT2D eigenvalue weighted by atomic mass is 16.6. The van der Waals surface area contributed by atoms with Gasteiger partial charge in [-0.1, -0.05) is 12.1 Å².